The maximum absolute atomic E-state index is 11.6. The van der Waals surface area contributed by atoms with Crippen molar-refractivity contribution in [3.05, 3.63) is 0 Å². The first-order valence-corrected chi connectivity index (χ1v) is 6.75. The molecule has 0 radical (unpaired) electrons. The summed E-state index contributed by atoms with van der Waals surface area (Å²) in [4.78, 5) is 0. The second kappa shape index (κ2) is 5.50. The number of hydrogen-bond acceptors (Lipinski definition) is 4. The van der Waals surface area contributed by atoms with Crippen molar-refractivity contribution in [3.8, 4) is 12.3 Å². The van der Waals surface area contributed by atoms with Crippen LogP contribution < -0.4 is 11.3 Å². The maximum atomic E-state index is 11.6. The zero-order chi connectivity index (χ0) is 12.1. The molecule has 1 atom stereocenters. The highest BCUT2D eigenvalue weighted by Gasteiger charge is 2.37. The van der Waals surface area contributed by atoms with Gasteiger partial charge in [-0.15, -0.1) is 12.3 Å². The molecule has 0 amide bonds. The summed E-state index contributed by atoms with van der Waals surface area (Å²) in [5.74, 6) is 7.89. The van der Waals surface area contributed by atoms with E-state index < -0.39 is 14.6 Å². The Morgan fingerprint density at radius 1 is 1.53 bits per heavy atom. The number of sulfone groups is 1. The topological polar surface area (TPSA) is 72.2 Å². The minimum atomic E-state index is -3.14. The van der Waals surface area contributed by atoms with Crippen LogP contribution in [0.15, 0.2) is 0 Å². The van der Waals surface area contributed by atoms with Crippen LogP contribution in [0.1, 0.15) is 33.1 Å². The largest absolute Gasteiger partial charge is 0.271 e. The summed E-state index contributed by atoms with van der Waals surface area (Å²) in [5.41, 5.74) is 2.56. The average Bonchev–Trinajstić information content (AvgIpc) is 2.10. The third-order valence-corrected chi connectivity index (χ3v) is 5.01. The monoisotopic (exact) mass is 232 g/mol. The zero-order valence-corrected chi connectivity index (χ0v) is 10.4. The van der Waals surface area contributed by atoms with Crippen LogP contribution >= 0.6 is 0 Å². The summed E-state index contributed by atoms with van der Waals surface area (Å²) in [6.45, 7) is 3.34. The van der Waals surface area contributed by atoms with Crippen molar-refractivity contribution in [2.45, 2.75) is 43.9 Å². The molecule has 0 aliphatic rings. The van der Waals surface area contributed by atoms with Gasteiger partial charge in [0.05, 0.1) is 4.75 Å². The lowest BCUT2D eigenvalue weighted by Crippen LogP contribution is -2.53. The van der Waals surface area contributed by atoms with E-state index in [1.54, 1.807) is 13.8 Å². The lowest BCUT2D eigenvalue weighted by atomic mass is 9.98. The SMILES string of the molecule is C#CCCCC(NN)C(C)(C)S(C)(=O)=O. The Bertz CT molecular complexity index is 328. The van der Waals surface area contributed by atoms with Crippen molar-refractivity contribution < 1.29 is 8.42 Å². The van der Waals surface area contributed by atoms with Crippen LogP contribution in [0, 0.1) is 12.3 Å². The molecule has 0 heterocycles. The molecule has 0 rings (SSSR count). The van der Waals surface area contributed by atoms with Gasteiger partial charge in [-0.1, -0.05) is 0 Å². The van der Waals surface area contributed by atoms with Gasteiger partial charge in [0.2, 0.25) is 0 Å². The van der Waals surface area contributed by atoms with Crippen LogP contribution in [0.3, 0.4) is 0 Å². The number of rotatable bonds is 6. The van der Waals surface area contributed by atoms with Gasteiger partial charge >= 0.3 is 0 Å². The van der Waals surface area contributed by atoms with Crippen molar-refractivity contribution >= 4 is 9.84 Å². The second-order valence-corrected chi connectivity index (χ2v) is 6.79. The van der Waals surface area contributed by atoms with E-state index in [0.717, 1.165) is 6.42 Å². The van der Waals surface area contributed by atoms with E-state index >= 15 is 0 Å². The number of terminal acetylenes is 1. The molecule has 0 saturated heterocycles. The van der Waals surface area contributed by atoms with Crippen LogP contribution in [0.25, 0.3) is 0 Å². The number of unbranched alkanes of at least 4 members (excludes halogenated alkanes) is 1. The second-order valence-electron chi connectivity index (χ2n) is 4.19. The van der Waals surface area contributed by atoms with Crippen LogP contribution in [-0.4, -0.2) is 25.5 Å². The van der Waals surface area contributed by atoms with Gasteiger partial charge in [0.1, 0.15) is 0 Å². The van der Waals surface area contributed by atoms with Gasteiger partial charge in [-0.3, -0.25) is 11.3 Å². The van der Waals surface area contributed by atoms with Crippen LogP contribution in [-0.2, 0) is 9.84 Å². The van der Waals surface area contributed by atoms with E-state index in [2.05, 4.69) is 11.3 Å². The summed E-state index contributed by atoms with van der Waals surface area (Å²) in [6.07, 6.45) is 8.41. The summed E-state index contributed by atoms with van der Waals surface area (Å²) in [6, 6.07) is -0.277. The molecule has 4 nitrogen and oxygen atoms in total. The third kappa shape index (κ3) is 3.82. The first kappa shape index (κ1) is 14.4. The molecule has 0 aromatic carbocycles. The molecule has 0 saturated carbocycles. The Morgan fingerprint density at radius 3 is 2.40 bits per heavy atom. The quantitative estimate of drug-likeness (QED) is 0.302. The smallest absolute Gasteiger partial charge is 0.154 e. The highest BCUT2D eigenvalue weighted by molar-refractivity contribution is 7.92. The molecule has 0 spiro atoms. The van der Waals surface area contributed by atoms with E-state index in [1.807, 2.05) is 0 Å². The first-order valence-electron chi connectivity index (χ1n) is 4.86. The molecule has 5 heteroatoms. The average molecular weight is 232 g/mol. The Hall–Kier alpha value is -0.570. The van der Waals surface area contributed by atoms with Crippen molar-refractivity contribution in [2.24, 2.45) is 5.84 Å². The van der Waals surface area contributed by atoms with E-state index in [9.17, 15) is 8.42 Å². The van der Waals surface area contributed by atoms with Crippen molar-refractivity contribution in [3.63, 3.8) is 0 Å². The van der Waals surface area contributed by atoms with E-state index in [0.29, 0.717) is 12.8 Å². The summed E-state index contributed by atoms with van der Waals surface area (Å²) >= 11 is 0. The normalized spacial score (nSPS) is 14.6. The first-order chi connectivity index (χ1) is 6.77. The summed E-state index contributed by atoms with van der Waals surface area (Å²) < 4.78 is 22.2. The summed E-state index contributed by atoms with van der Waals surface area (Å²) in [7, 11) is -3.14. The minimum Gasteiger partial charge on any atom is -0.271 e. The predicted octanol–water partition coefficient (Wildman–Crippen LogP) is 0.445. The molecule has 3 N–H and O–H groups in total. The molecule has 0 aromatic rings. The fraction of sp³-hybridized carbons (Fsp3) is 0.800. The van der Waals surface area contributed by atoms with Crippen LogP contribution in [0.4, 0.5) is 0 Å². The Balaban J connectivity index is 4.61. The van der Waals surface area contributed by atoms with Gasteiger partial charge in [-0.25, -0.2) is 8.42 Å². The Labute approximate surface area is 92.5 Å². The fourth-order valence-electron chi connectivity index (χ4n) is 1.30. The van der Waals surface area contributed by atoms with E-state index in [4.69, 9.17) is 12.3 Å². The van der Waals surface area contributed by atoms with Crippen LogP contribution in [0.5, 0.6) is 0 Å². The highest BCUT2D eigenvalue weighted by Crippen LogP contribution is 2.23. The van der Waals surface area contributed by atoms with Crippen molar-refractivity contribution in [1.82, 2.24) is 5.43 Å². The number of hydrazine groups is 1. The number of nitrogens with two attached hydrogens (primary N) is 1. The minimum absolute atomic E-state index is 0.277. The maximum Gasteiger partial charge on any atom is 0.154 e. The van der Waals surface area contributed by atoms with Gasteiger partial charge in [0.15, 0.2) is 9.84 Å². The lowest BCUT2D eigenvalue weighted by Gasteiger charge is -2.32. The van der Waals surface area contributed by atoms with Gasteiger partial charge in [0.25, 0.3) is 0 Å². The molecule has 0 fully saturated rings. The predicted molar refractivity (Wildman–Crippen MR) is 62.7 cm³/mol. The molecule has 88 valence electrons. The van der Waals surface area contributed by atoms with Crippen LogP contribution in [0.2, 0.25) is 0 Å². The van der Waals surface area contributed by atoms with Gasteiger partial charge in [-0.05, 0) is 26.7 Å². The fourth-order valence-corrected chi connectivity index (χ4v) is 2.00. The number of hydrogen-bond donors (Lipinski definition) is 2. The lowest BCUT2D eigenvalue weighted by molar-refractivity contribution is 0.388. The molecule has 1 unspecified atom stereocenters. The standard InChI is InChI=1S/C10H20N2O2S/c1-5-6-7-8-9(12-11)10(2,3)15(4,13)14/h1,9,12H,6-8,11H2,2-4H3. The van der Waals surface area contributed by atoms with Crippen molar-refractivity contribution in [2.75, 3.05) is 6.26 Å². The van der Waals surface area contributed by atoms with Gasteiger partial charge in [-0.2, -0.15) is 0 Å². The molecule has 0 bridgehead atoms. The van der Waals surface area contributed by atoms with Crippen molar-refractivity contribution in [1.29, 1.82) is 0 Å². The number of nitrogens with one attached hydrogen (secondary N) is 1. The van der Waals surface area contributed by atoms with E-state index in [1.165, 1.54) is 6.26 Å². The van der Waals surface area contributed by atoms with Gasteiger partial charge < -0.3 is 0 Å². The molecule has 0 aliphatic carbocycles. The molecule has 0 aromatic heterocycles. The molecule has 15 heavy (non-hydrogen) atoms. The Morgan fingerprint density at radius 2 is 2.07 bits per heavy atom. The Kier molecular flexibility index (Phi) is 5.29. The highest BCUT2D eigenvalue weighted by atomic mass is 32.2. The molecular formula is C10H20N2O2S. The van der Waals surface area contributed by atoms with E-state index in [-0.39, 0.29) is 6.04 Å². The summed E-state index contributed by atoms with van der Waals surface area (Å²) in [5, 5.41) is 0. The molecular weight excluding hydrogens is 212 g/mol. The third-order valence-electron chi connectivity index (χ3n) is 2.81. The zero-order valence-electron chi connectivity index (χ0n) is 9.58. The van der Waals surface area contributed by atoms with Gasteiger partial charge in [0, 0.05) is 18.7 Å². The molecule has 0 aliphatic heterocycles.